The fraction of sp³-hybridized carbons (Fsp3) is 0.333. The van der Waals surface area contributed by atoms with Gasteiger partial charge in [0.25, 0.3) is 0 Å². The number of phenolic OH excluding ortho intramolecular Hbond substituents is 1. The largest absolute Gasteiger partial charge is 0.508 e. The minimum Gasteiger partial charge on any atom is -0.508 e. The van der Waals surface area contributed by atoms with Gasteiger partial charge in [-0.15, -0.1) is 0 Å². The SMILES string of the molecule is COCCN(CCOC)c1ccc(N)c(-c2ccc(O)cc2)c1. The fourth-order valence-electron chi connectivity index (χ4n) is 2.40. The third-order valence-electron chi connectivity index (χ3n) is 3.71. The first-order valence-electron chi connectivity index (χ1n) is 7.57. The van der Waals surface area contributed by atoms with Gasteiger partial charge >= 0.3 is 0 Å². The summed E-state index contributed by atoms with van der Waals surface area (Å²) < 4.78 is 10.4. The van der Waals surface area contributed by atoms with Gasteiger partial charge in [0.2, 0.25) is 0 Å². The summed E-state index contributed by atoms with van der Waals surface area (Å²) in [4.78, 5) is 2.20. The number of methoxy groups -OCH3 is 2. The van der Waals surface area contributed by atoms with E-state index in [2.05, 4.69) is 11.0 Å². The van der Waals surface area contributed by atoms with Gasteiger partial charge in [0, 0.05) is 44.2 Å². The van der Waals surface area contributed by atoms with E-state index in [1.807, 2.05) is 24.3 Å². The molecule has 2 aromatic rings. The Bertz CT molecular complexity index is 606. The molecule has 0 radical (unpaired) electrons. The molecule has 2 aromatic carbocycles. The first-order valence-corrected chi connectivity index (χ1v) is 7.57. The quantitative estimate of drug-likeness (QED) is 0.733. The lowest BCUT2D eigenvalue weighted by atomic mass is 10.0. The standard InChI is InChI=1S/C18H24N2O3/c1-22-11-9-20(10-12-23-2)15-5-8-18(19)17(13-15)14-3-6-16(21)7-4-14/h3-8,13,21H,9-12,19H2,1-2H3. The number of hydrogen-bond donors (Lipinski definition) is 2. The summed E-state index contributed by atoms with van der Waals surface area (Å²) in [6, 6.07) is 13.0. The molecule has 124 valence electrons. The van der Waals surface area contributed by atoms with Crippen LogP contribution in [0.1, 0.15) is 0 Å². The third kappa shape index (κ3) is 4.61. The molecule has 0 aromatic heterocycles. The molecule has 0 saturated carbocycles. The molecule has 2 rings (SSSR count). The molecule has 5 nitrogen and oxygen atoms in total. The van der Waals surface area contributed by atoms with E-state index in [1.165, 1.54) is 0 Å². The number of aromatic hydroxyl groups is 1. The summed E-state index contributed by atoms with van der Waals surface area (Å²) in [5.74, 6) is 0.241. The molecule has 23 heavy (non-hydrogen) atoms. The molecule has 0 saturated heterocycles. The number of nitrogen functional groups attached to an aromatic ring is 1. The number of ether oxygens (including phenoxy) is 2. The van der Waals surface area contributed by atoms with Crippen molar-refractivity contribution in [3.8, 4) is 16.9 Å². The van der Waals surface area contributed by atoms with Gasteiger partial charge in [0.1, 0.15) is 5.75 Å². The van der Waals surface area contributed by atoms with E-state index in [-0.39, 0.29) is 5.75 Å². The van der Waals surface area contributed by atoms with Crippen LogP contribution in [0.3, 0.4) is 0 Å². The maximum Gasteiger partial charge on any atom is 0.115 e. The predicted octanol–water partition coefficient (Wildman–Crippen LogP) is 2.74. The third-order valence-corrected chi connectivity index (χ3v) is 3.71. The lowest BCUT2D eigenvalue weighted by Crippen LogP contribution is -2.30. The van der Waals surface area contributed by atoms with Crippen LogP contribution in [0.25, 0.3) is 11.1 Å². The number of hydrogen-bond acceptors (Lipinski definition) is 5. The second kappa shape index (κ2) is 8.41. The van der Waals surface area contributed by atoms with Crippen molar-refractivity contribution >= 4 is 11.4 Å². The summed E-state index contributed by atoms with van der Waals surface area (Å²) in [5, 5.41) is 9.44. The average molecular weight is 316 g/mol. The zero-order valence-corrected chi connectivity index (χ0v) is 13.7. The van der Waals surface area contributed by atoms with Gasteiger partial charge in [0.05, 0.1) is 13.2 Å². The Morgan fingerprint density at radius 3 is 2.13 bits per heavy atom. The number of benzene rings is 2. The molecule has 0 amide bonds. The van der Waals surface area contributed by atoms with Crippen molar-refractivity contribution < 1.29 is 14.6 Å². The van der Waals surface area contributed by atoms with Crippen LogP contribution in [0.5, 0.6) is 5.75 Å². The van der Waals surface area contributed by atoms with Crippen molar-refractivity contribution in [3.63, 3.8) is 0 Å². The van der Waals surface area contributed by atoms with E-state index in [9.17, 15) is 5.11 Å². The summed E-state index contributed by atoms with van der Waals surface area (Å²) in [6.45, 7) is 2.84. The van der Waals surface area contributed by atoms with E-state index < -0.39 is 0 Å². The van der Waals surface area contributed by atoms with Gasteiger partial charge in [-0.05, 0) is 35.9 Å². The van der Waals surface area contributed by atoms with Gasteiger partial charge in [0.15, 0.2) is 0 Å². The Balaban J connectivity index is 2.31. The van der Waals surface area contributed by atoms with Crippen LogP contribution >= 0.6 is 0 Å². The van der Waals surface area contributed by atoms with Crippen LogP contribution < -0.4 is 10.6 Å². The monoisotopic (exact) mass is 316 g/mol. The first kappa shape index (κ1) is 17.1. The van der Waals surface area contributed by atoms with Crippen molar-refractivity contribution in [2.45, 2.75) is 0 Å². The number of rotatable bonds is 8. The number of anilines is 2. The number of phenols is 1. The number of nitrogens with zero attached hydrogens (tertiary/aromatic N) is 1. The molecule has 3 N–H and O–H groups in total. The zero-order valence-electron chi connectivity index (χ0n) is 13.7. The van der Waals surface area contributed by atoms with Crippen molar-refractivity contribution in [2.24, 2.45) is 0 Å². The average Bonchev–Trinajstić information content (AvgIpc) is 2.57. The first-order chi connectivity index (χ1) is 11.2. The summed E-state index contributed by atoms with van der Waals surface area (Å²) in [5.41, 5.74) is 9.82. The van der Waals surface area contributed by atoms with Gasteiger partial charge in [-0.2, -0.15) is 0 Å². The highest BCUT2D eigenvalue weighted by atomic mass is 16.5. The Morgan fingerprint density at radius 1 is 0.957 bits per heavy atom. The minimum absolute atomic E-state index is 0.241. The second-order valence-electron chi connectivity index (χ2n) is 5.29. The smallest absolute Gasteiger partial charge is 0.115 e. The van der Waals surface area contributed by atoms with E-state index >= 15 is 0 Å². The summed E-state index contributed by atoms with van der Waals surface area (Å²) in [7, 11) is 3.39. The van der Waals surface area contributed by atoms with Crippen LogP contribution in [-0.4, -0.2) is 45.6 Å². The van der Waals surface area contributed by atoms with Gasteiger partial charge in [-0.3, -0.25) is 0 Å². The molecule has 0 aliphatic rings. The normalized spacial score (nSPS) is 10.7. The molecule has 0 heterocycles. The Morgan fingerprint density at radius 2 is 1.57 bits per heavy atom. The molecule has 0 aliphatic heterocycles. The van der Waals surface area contributed by atoms with E-state index in [4.69, 9.17) is 15.2 Å². The van der Waals surface area contributed by atoms with Crippen molar-refractivity contribution in [1.29, 1.82) is 0 Å². The van der Waals surface area contributed by atoms with Crippen LogP contribution in [0.2, 0.25) is 0 Å². The van der Waals surface area contributed by atoms with Crippen molar-refractivity contribution in [3.05, 3.63) is 42.5 Å². The molecule has 0 unspecified atom stereocenters. The fourth-order valence-corrected chi connectivity index (χ4v) is 2.40. The lowest BCUT2D eigenvalue weighted by Gasteiger charge is -2.25. The van der Waals surface area contributed by atoms with Crippen LogP contribution in [0.4, 0.5) is 11.4 Å². The van der Waals surface area contributed by atoms with Gasteiger partial charge < -0.3 is 25.2 Å². The molecule has 0 fully saturated rings. The second-order valence-corrected chi connectivity index (χ2v) is 5.29. The van der Waals surface area contributed by atoms with E-state index in [0.717, 1.165) is 29.9 Å². The highest BCUT2D eigenvalue weighted by Gasteiger charge is 2.10. The maximum atomic E-state index is 9.44. The molecule has 5 heteroatoms. The molecular formula is C18H24N2O3. The topological polar surface area (TPSA) is 68.0 Å². The molecule has 0 aliphatic carbocycles. The van der Waals surface area contributed by atoms with Crippen molar-refractivity contribution in [2.75, 3.05) is 51.2 Å². The Hall–Kier alpha value is -2.24. The molecule has 0 bridgehead atoms. The van der Waals surface area contributed by atoms with Gasteiger partial charge in [-0.25, -0.2) is 0 Å². The maximum absolute atomic E-state index is 9.44. The molecule has 0 spiro atoms. The zero-order chi connectivity index (χ0) is 16.7. The van der Waals surface area contributed by atoms with Crippen LogP contribution in [0, 0.1) is 0 Å². The molecule has 0 atom stereocenters. The highest BCUT2D eigenvalue weighted by Crippen LogP contribution is 2.31. The Kier molecular flexibility index (Phi) is 6.26. The minimum atomic E-state index is 0.241. The molecular weight excluding hydrogens is 292 g/mol. The summed E-state index contributed by atoms with van der Waals surface area (Å²) >= 11 is 0. The van der Waals surface area contributed by atoms with Crippen LogP contribution in [0.15, 0.2) is 42.5 Å². The van der Waals surface area contributed by atoms with Crippen molar-refractivity contribution in [1.82, 2.24) is 0 Å². The lowest BCUT2D eigenvalue weighted by molar-refractivity contribution is 0.190. The van der Waals surface area contributed by atoms with E-state index in [0.29, 0.717) is 18.9 Å². The Labute approximate surface area is 137 Å². The van der Waals surface area contributed by atoms with Crippen LogP contribution in [-0.2, 0) is 9.47 Å². The highest BCUT2D eigenvalue weighted by molar-refractivity contribution is 5.80. The van der Waals surface area contributed by atoms with E-state index in [1.54, 1.807) is 26.4 Å². The van der Waals surface area contributed by atoms with Gasteiger partial charge in [-0.1, -0.05) is 12.1 Å². The predicted molar refractivity (Wildman–Crippen MR) is 93.9 cm³/mol. The summed E-state index contributed by atoms with van der Waals surface area (Å²) in [6.07, 6.45) is 0. The number of nitrogens with two attached hydrogens (primary N) is 1.